The number of carbonyl (C=O) groups is 1. The van der Waals surface area contributed by atoms with Gasteiger partial charge in [-0.3, -0.25) is 4.79 Å². The zero-order valence-corrected chi connectivity index (χ0v) is 7.00. The fraction of sp³-hybridized carbons (Fsp3) is 0.222. The highest BCUT2D eigenvalue weighted by Gasteiger charge is 2.02. The van der Waals surface area contributed by atoms with Gasteiger partial charge in [-0.05, 0) is 24.3 Å². The van der Waals surface area contributed by atoms with Gasteiger partial charge < -0.3 is 10.5 Å². The topological polar surface area (TPSA) is 52.3 Å². The van der Waals surface area contributed by atoms with Crippen LogP contribution in [0.1, 0.15) is 6.42 Å². The number of halogens is 1. The van der Waals surface area contributed by atoms with E-state index in [0.717, 1.165) is 0 Å². The molecule has 13 heavy (non-hydrogen) atoms. The van der Waals surface area contributed by atoms with E-state index in [4.69, 9.17) is 10.5 Å². The van der Waals surface area contributed by atoms with Gasteiger partial charge in [-0.25, -0.2) is 4.39 Å². The van der Waals surface area contributed by atoms with Gasteiger partial charge in [0.05, 0.1) is 6.42 Å². The zero-order valence-electron chi connectivity index (χ0n) is 7.00. The van der Waals surface area contributed by atoms with Crippen molar-refractivity contribution in [3.63, 3.8) is 0 Å². The molecule has 0 saturated heterocycles. The second kappa shape index (κ2) is 4.57. The Labute approximate surface area is 75.3 Å². The fourth-order valence-electron chi connectivity index (χ4n) is 0.803. The van der Waals surface area contributed by atoms with Crippen molar-refractivity contribution in [2.75, 3.05) is 6.54 Å². The fourth-order valence-corrected chi connectivity index (χ4v) is 0.803. The quantitative estimate of drug-likeness (QED) is 0.563. The summed E-state index contributed by atoms with van der Waals surface area (Å²) in [5.74, 6) is -0.437. The van der Waals surface area contributed by atoms with Gasteiger partial charge >= 0.3 is 5.97 Å². The van der Waals surface area contributed by atoms with Crippen LogP contribution >= 0.6 is 0 Å². The Kier molecular flexibility index (Phi) is 3.40. The molecule has 0 fully saturated rings. The van der Waals surface area contributed by atoms with Crippen LogP contribution in [0.15, 0.2) is 24.3 Å². The molecule has 70 valence electrons. The number of benzene rings is 1. The molecule has 2 N–H and O–H groups in total. The summed E-state index contributed by atoms with van der Waals surface area (Å²) in [5.41, 5.74) is 5.15. The Morgan fingerprint density at radius 2 is 2.00 bits per heavy atom. The van der Waals surface area contributed by atoms with Crippen LogP contribution in [0.5, 0.6) is 5.75 Å². The second-order valence-corrected chi connectivity index (χ2v) is 2.47. The van der Waals surface area contributed by atoms with Crippen LogP contribution in [-0.4, -0.2) is 12.5 Å². The number of ether oxygens (including phenoxy) is 1. The van der Waals surface area contributed by atoms with Gasteiger partial charge in [0.2, 0.25) is 0 Å². The molecule has 0 unspecified atom stereocenters. The number of nitrogens with two attached hydrogens (primary N) is 1. The second-order valence-electron chi connectivity index (χ2n) is 2.47. The molecule has 1 aromatic rings. The lowest BCUT2D eigenvalue weighted by Crippen LogP contribution is -2.13. The van der Waals surface area contributed by atoms with Crippen molar-refractivity contribution in [2.24, 2.45) is 5.73 Å². The van der Waals surface area contributed by atoms with E-state index < -0.39 is 5.97 Å². The number of hydrogen-bond donors (Lipinski definition) is 1. The maximum absolute atomic E-state index is 12.4. The number of carbonyl (C=O) groups excluding carboxylic acids is 1. The summed E-state index contributed by atoms with van der Waals surface area (Å²) >= 11 is 0. The molecule has 0 aromatic heterocycles. The van der Waals surface area contributed by atoms with Crippen LogP contribution < -0.4 is 10.5 Å². The number of hydrogen-bond acceptors (Lipinski definition) is 3. The van der Waals surface area contributed by atoms with Gasteiger partial charge in [0, 0.05) is 6.54 Å². The van der Waals surface area contributed by atoms with Crippen LogP contribution in [-0.2, 0) is 4.79 Å². The third kappa shape index (κ3) is 3.21. The molecule has 4 heteroatoms. The largest absolute Gasteiger partial charge is 0.426 e. The van der Waals surface area contributed by atoms with Crippen LogP contribution in [0.25, 0.3) is 0 Å². The van der Waals surface area contributed by atoms with E-state index in [2.05, 4.69) is 0 Å². The minimum atomic E-state index is -0.408. The first kappa shape index (κ1) is 9.67. The van der Waals surface area contributed by atoms with Crippen molar-refractivity contribution in [2.45, 2.75) is 6.42 Å². The average Bonchev–Trinajstić information content (AvgIpc) is 2.09. The highest BCUT2D eigenvalue weighted by molar-refractivity contribution is 5.72. The molecular formula is C9H10FNO2. The molecule has 0 aliphatic carbocycles. The Balaban J connectivity index is 2.54. The zero-order chi connectivity index (χ0) is 9.68. The van der Waals surface area contributed by atoms with E-state index in [-0.39, 0.29) is 18.8 Å². The van der Waals surface area contributed by atoms with E-state index >= 15 is 0 Å². The molecule has 0 aliphatic rings. The lowest BCUT2D eigenvalue weighted by Gasteiger charge is -2.01. The van der Waals surface area contributed by atoms with Crippen molar-refractivity contribution in [1.29, 1.82) is 0 Å². The molecule has 0 aliphatic heterocycles. The molecule has 0 radical (unpaired) electrons. The monoisotopic (exact) mass is 183 g/mol. The lowest BCUT2D eigenvalue weighted by atomic mass is 10.3. The van der Waals surface area contributed by atoms with E-state index in [1.54, 1.807) is 0 Å². The summed E-state index contributed by atoms with van der Waals surface area (Å²) in [6.45, 7) is 0.250. The smallest absolute Gasteiger partial charge is 0.312 e. The maximum Gasteiger partial charge on any atom is 0.312 e. The van der Waals surface area contributed by atoms with Gasteiger partial charge in [-0.1, -0.05) is 0 Å². The van der Waals surface area contributed by atoms with E-state index in [0.29, 0.717) is 5.75 Å². The SMILES string of the molecule is NCCC(=O)Oc1ccc(F)cc1. The molecule has 1 rings (SSSR count). The third-order valence-corrected chi connectivity index (χ3v) is 1.39. The van der Waals surface area contributed by atoms with Gasteiger partial charge in [0.15, 0.2) is 0 Å². The summed E-state index contributed by atoms with van der Waals surface area (Å²) in [6, 6.07) is 5.24. The average molecular weight is 183 g/mol. The normalized spacial score (nSPS) is 9.69. The molecule has 3 nitrogen and oxygen atoms in total. The first-order valence-electron chi connectivity index (χ1n) is 3.88. The standard InChI is InChI=1S/C9H10FNO2/c10-7-1-3-8(4-2-7)13-9(12)5-6-11/h1-4H,5-6,11H2. The number of rotatable bonds is 3. The predicted molar refractivity (Wildman–Crippen MR) is 45.7 cm³/mol. The third-order valence-electron chi connectivity index (χ3n) is 1.39. The molecular weight excluding hydrogens is 173 g/mol. The molecule has 0 amide bonds. The van der Waals surface area contributed by atoms with Crippen LogP contribution in [0.3, 0.4) is 0 Å². The van der Waals surface area contributed by atoms with Crippen molar-refractivity contribution < 1.29 is 13.9 Å². The summed E-state index contributed by atoms with van der Waals surface area (Å²) < 4.78 is 17.2. The first-order valence-corrected chi connectivity index (χ1v) is 3.88. The molecule has 0 spiro atoms. The molecule has 0 saturated carbocycles. The van der Waals surface area contributed by atoms with Crippen LogP contribution in [0.2, 0.25) is 0 Å². The van der Waals surface area contributed by atoms with Crippen LogP contribution in [0.4, 0.5) is 4.39 Å². The minimum absolute atomic E-state index is 0.164. The van der Waals surface area contributed by atoms with E-state index in [9.17, 15) is 9.18 Å². The highest BCUT2D eigenvalue weighted by atomic mass is 19.1. The molecule has 0 atom stereocenters. The molecule has 0 bridgehead atoms. The van der Waals surface area contributed by atoms with Crippen LogP contribution in [0, 0.1) is 5.82 Å². The molecule has 1 aromatic carbocycles. The van der Waals surface area contributed by atoms with Gasteiger partial charge in [0.1, 0.15) is 11.6 Å². The van der Waals surface area contributed by atoms with E-state index in [1.807, 2.05) is 0 Å². The van der Waals surface area contributed by atoms with Crippen molar-refractivity contribution in [3.05, 3.63) is 30.1 Å². The Morgan fingerprint density at radius 1 is 1.38 bits per heavy atom. The summed E-state index contributed by atoms with van der Waals surface area (Å²) in [5, 5.41) is 0. The van der Waals surface area contributed by atoms with Crippen molar-refractivity contribution in [1.82, 2.24) is 0 Å². The minimum Gasteiger partial charge on any atom is -0.426 e. The van der Waals surface area contributed by atoms with E-state index in [1.165, 1.54) is 24.3 Å². The van der Waals surface area contributed by atoms with Gasteiger partial charge in [-0.15, -0.1) is 0 Å². The van der Waals surface area contributed by atoms with Gasteiger partial charge in [-0.2, -0.15) is 0 Å². The molecule has 0 heterocycles. The Morgan fingerprint density at radius 3 is 2.54 bits per heavy atom. The summed E-state index contributed by atoms with van der Waals surface area (Å²) in [6.07, 6.45) is 0.164. The highest BCUT2D eigenvalue weighted by Crippen LogP contribution is 2.11. The van der Waals surface area contributed by atoms with Gasteiger partial charge in [0.25, 0.3) is 0 Å². The van der Waals surface area contributed by atoms with Crippen molar-refractivity contribution in [3.8, 4) is 5.75 Å². The number of esters is 1. The lowest BCUT2D eigenvalue weighted by molar-refractivity contribution is -0.134. The first-order chi connectivity index (χ1) is 6.22. The van der Waals surface area contributed by atoms with Crippen molar-refractivity contribution >= 4 is 5.97 Å². The Hall–Kier alpha value is -1.42. The summed E-state index contributed by atoms with van der Waals surface area (Å²) in [7, 11) is 0. The Bertz CT molecular complexity index is 284. The predicted octanol–water partition coefficient (Wildman–Crippen LogP) is 1.08. The maximum atomic E-state index is 12.4. The summed E-state index contributed by atoms with van der Waals surface area (Å²) in [4.78, 5) is 10.9.